The zero-order valence-electron chi connectivity index (χ0n) is 12.8. The summed E-state index contributed by atoms with van der Waals surface area (Å²) >= 11 is 0. The number of rotatable bonds is 5. The third-order valence-corrected chi connectivity index (χ3v) is 3.49. The molecule has 0 bridgehead atoms. The molecule has 1 N–H and O–H groups in total. The van der Waals surface area contributed by atoms with E-state index in [1.165, 1.54) is 4.80 Å². The largest absolute Gasteiger partial charge is 0.506 e. The zero-order chi connectivity index (χ0) is 15.5. The van der Waals surface area contributed by atoms with E-state index in [0.29, 0.717) is 12.3 Å². The smallest absolute Gasteiger partial charge is 0.143 e. The number of aromatic nitrogens is 3. The molecule has 0 spiro atoms. The lowest BCUT2D eigenvalue weighted by atomic mass is 10.1. The number of hydrogen-bond donors (Lipinski definition) is 1. The van der Waals surface area contributed by atoms with Crippen LogP contribution >= 0.6 is 0 Å². The van der Waals surface area contributed by atoms with E-state index in [0.717, 1.165) is 35.2 Å². The number of nitrogens with zero attached hydrogens (tertiary/aromatic N) is 3. The van der Waals surface area contributed by atoms with E-state index in [1.807, 2.05) is 37.3 Å². The van der Waals surface area contributed by atoms with E-state index in [2.05, 4.69) is 17.1 Å². The molecule has 0 amide bonds. The molecule has 0 unspecified atom stereocenters. The van der Waals surface area contributed by atoms with Gasteiger partial charge in [-0.05, 0) is 42.7 Å². The summed E-state index contributed by atoms with van der Waals surface area (Å²) in [6.07, 6.45) is 1.84. The number of aromatic hydroxyl groups is 1. The summed E-state index contributed by atoms with van der Waals surface area (Å²) in [6, 6.07) is 11.2. The summed E-state index contributed by atoms with van der Waals surface area (Å²) in [6.45, 7) is 4.79. The van der Waals surface area contributed by atoms with Crippen LogP contribution in [0.3, 0.4) is 0 Å². The number of fused-ring (bicyclic) bond motifs is 1. The summed E-state index contributed by atoms with van der Waals surface area (Å²) in [5.41, 5.74) is 3.16. The Morgan fingerprint density at radius 3 is 2.59 bits per heavy atom. The second-order valence-corrected chi connectivity index (χ2v) is 5.17. The molecule has 0 fully saturated rings. The Balaban J connectivity index is 1.97. The maximum absolute atomic E-state index is 10.1. The Morgan fingerprint density at radius 2 is 1.86 bits per heavy atom. The number of benzene rings is 2. The van der Waals surface area contributed by atoms with Crippen LogP contribution < -0.4 is 4.74 Å². The van der Waals surface area contributed by atoms with Crippen molar-refractivity contribution in [3.63, 3.8) is 0 Å². The minimum absolute atomic E-state index is 0.183. The lowest BCUT2D eigenvalue weighted by molar-refractivity contribution is 0.318. The minimum Gasteiger partial charge on any atom is -0.506 e. The highest BCUT2D eigenvalue weighted by molar-refractivity contribution is 5.75. The van der Waals surface area contributed by atoms with Gasteiger partial charge in [0.05, 0.1) is 6.61 Å². The van der Waals surface area contributed by atoms with Gasteiger partial charge in [-0.1, -0.05) is 19.9 Å². The van der Waals surface area contributed by atoms with Gasteiger partial charge in [-0.3, -0.25) is 0 Å². The van der Waals surface area contributed by atoms with Gasteiger partial charge in [-0.25, -0.2) is 0 Å². The molecule has 3 aromatic rings. The van der Waals surface area contributed by atoms with Crippen LogP contribution in [0.25, 0.3) is 16.7 Å². The van der Waals surface area contributed by atoms with Crippen molar-refractivity contribution in [2.45, 2.75) is 26.7 Å². The van der Waals surface area contributed by atoms with Gasteiger partial charge in [-0.2, -0.15) is 0 Å². The van der Waals surface area contributed by atoms with E-state index in [4.69, 9.17) is 4.74 Å². The molecule has 22 heavy (non-hydrogen) atoms. The molecule has 5 nitrogen and oxygen atoms in total. The van der Waals surface area contributed by atoms with Gasteiger partial charge >= 0.3 is 0 Å². The minimum atomic E-state index is 0.183. The molecule has 1 aromatic heterocycles. The average Bonchev–Trinajstić information content (AvgIpc) is 2.95. The number of ether oxygens (including phenoxy) is 1. The Kier molecular flexibility index (Phi) is 3.96. The Bertz CT molecular complexity index is 796. The van der Waals surface area contributed by atoms with Gasteiger partial charge in [0.25, 0.3) is 0 Å². The van der Waals surface area contributed by atoms with Gasteiger partial charge in [0.15, 0.2) is 0 Å². The molecule has 0 aliphatic heterocycles. The molecule has 2 aromatic carbocycles. The van der Waals surface area contributed by atoms with Crippen LogP contribution in [0.4, 0.5) is 0 Å². The molecular formula is C17H19N3O2. The molecule has 3 rings (SSSR count). The van der Waals surface area contributed by atoms with Gasteiger partial charge < -0.3 is 9.84 Å². The van der Waals surface area contributed by atoms with Crippen LogP contribution in [-0.2, 0) is 6.42 Å². The molecule has 5 heteroatoms. The molecule has 0 atom stereocenters. The third-order valence-electron chi connectivity index (χ3n) is 3.49. The monoisotopic (exact) mass is 297 g/mol. The van der Waals surface area contributed by atoms with E-state index in [1.54, 1.807) is 6.07 Å². The van der Waals surface area contributed by atoms with Crippen molar-refractivity contribution >= 4 is 11.0 Å². The fourth-order valence-corrected chi connectivity index (χ4v) is 2.27. The van der Waals surface area contributed by atoms with Crippen molar-refractivity contribution < 1.29 is 9.84 Å². The topological polar surface area (TPSA) is 60.2 Å². The van der Waals surface area contributed by atoms with E-state index < -0.39 is 0 Å². The predicted molar refractivity (Wildman–Crippen MR) is 85.7 cm³/mol. The van der Waals surface area contributed by atoms with Gasteiger partial charge in [-0.15, -0.1) is 15.0 Å². The predicted octanol–water partition coefficient (Wildman–Crippen LogP) is 3.48. The number of hydrogen-bond acceptors (Lipinski definition) is 4. The van der Waals surface area contributed by atoms with Crippen molar-refractivity contribution in [2.75, 3.05) is 6.61 Å². The zero-order valence-corrected chi connectivity index (χ0v) is 12.8. The second kappa shape index (κ2) is 6.05. The quantitative estimate of drug-likeness (QED) is 0.783. The first-order valence-electron chi connectivity index (χ1n) is 7.53. The maximum atomic E-state index is 10.1. The molecule has 0 saturated heterocycles. The first-order valence-corrected chi connectivity index (χ1v) is 7.53. The van der Waals surface area contributed by atoms with Crippen molar-refractivity contribution in [1.29, 1.82) is 0 Å². The second-order valence-electron chi connectivity index (χ2n) is 5.17. The summed E-state index contributed by atoms with van der Waals surface area (Å²) in [5.74, 6) is 0.967. The van der Waals surface area contributed by atoms with Crippen molar-refractivity contribution in [3.05, 3.63) is 42.0 Å². The van der Waals surface area contributed by atoms with Crippen LogP contribution in [0.2, 0.25) is 0 Å². The number of phenolic OH excluding ortho intramolecular Hbond substituents is 1. The van der Waals surface area contributed by atoms with E-state index >= 15 is 0 Å². The molecule has 0 aliphatic rings. The van der Waals surface area contributed by atoms with Crippen LogP contribution in [-0.4, -0.2) is 26.7 Å². The SMILES string of the molecule is CCCOc1ccc2nn(-c3ccc(CC)cc3O)nc2c1. The molecule has 114 valence electrons. The summed E-state index contributed by atoms with van der Waals surface area (Å²) in [5, 5.41) is 19.0. The standard InChI is InChI=1S/C17H19N3O2/c1-3-9-22-13-6-7-14-15(11-13)19-20(18-14)16-8-5-12(4-2)10-17(16)21/h5-8,10-11,21H,3-4,9H2,1-2H3. The number of aryl methyl sites for hydroxylation is 1. The Morgan fingerprint density at radius 1 is 1.05 bits per heavy atom. The molecule has 0 aliphatic carbocycles. The van der Waals surface area contributed by atoms with Crippen molar-refractivity contribution in [3.8, 4) is 17.2 Å². The van der Waals surface area contributed by atoms with Gasteiger partial charge in [0.1, 0.15) is 28.2 Å². The van der Waals surface area contributed by atoms with E-state index in [-0.39, 0.29) is 5.75 Å². The maximum Gasteiger partial charge on any atom is 0.143 e. The van der Waals surface area contributed by atoms with Crippen molar-refractivity contribution in [1.82, 2.24) is 15.0 Å². The van der Waals surface area contributed by atoms with Crippen LogP contribution in [0, 0.1) is 0 Å². The lowest BCUT2D eigenvalue weighted by Gasteiger charge is -2.04. The highest BCUT2D eigenvalue weighted by atomic mass is 16.5. The number of phenols is 1. The average molecular weight is 297 g/mol. The molecule has 0 saturated carbocycles. The third kappa shape index (κ3) is 2.74. The summed E-state index contributed by atoms with van der Waals surface area (Å²) in [7, 11) is 0. The van der Waals surface area contributed by atoms with Crippen LogP contribution in [0.15, 0.2) is 36.4 Å². The first kappa shape index (κ1) is 14.4. The highest BCUT2D eigenvalue weighted by Gasteiger charge is 2.10. The summed E-state index contributed by atoms with van der Waals surface area (Å²) < 4.78 is 5.61. The lowest BCUT2D eigenvalue weighted by Crippen LogP contribution is -1.99. The molecular weight excluding hydrogens is 278 g/mol. The summed E-state index contributed by atoms with van der Waals surface area (Å²) in [4.78, 5) is 1.46. The Hall–Kier alpha value is -2.56. The van der Waals surface area contributed by atoms with Crippen LogP contribution in [0.5, 0.6) is 11.5 Å². The highest BCUT2D eigenvalue weighted by Crippen LogP contribution is 2.24. The fourth-order valence-electron chi connectivity index (χ4n) is 2.27. The molecule has 0 radical (unpaired) electrons. The fraction of sp³-hybridized carbons (Fsp3) is 0.294. The van der Waals surface area contributed by atoms with Crippen molar-refractivity contribution in [2.24, 2.45) is 0 Å². The first-order chi connectivity index (χ1) is 10.7. The van der Waals surface area contributed by atoms with Gasteiger partial charge in [0, 0.05) is 6.07 Å². The van der Waals surface area contributed by atoms with Crippen LogP contribution in [0.1, 0.15) is 25.8 Å². The molecule has 1 heterocycles. The van der Waals surface area contributed by atoms with Gasteiger partial charge in [0.2, 0.25) is 0 Å². The Labute approximate surface area is 129 Å². The van der Waals surface area contributed by atoms with E-state index in [9.17, 15) is 5.11 Å². The normalized spacial score (nSPS) is 11.0.